The lowest BCUT2D eigenvalue weighted by atomic mass is 9.76. The Morgan fingerprint density at radius 2 is 1.73 bits per heavy atom. The summed E-state index contributed by atoms with van der Waals surface area (Å²) in [7, 11) is 0. The van der Waals surface area contributed by atoms with Gasteiger partial charge < -0.3 is 4.57 Å². The van der Waals surface area contributed by atoms with Gasteiger partial charge in [0.1, 0.15) is 0 Å². The molecule has 0 saturated carbocycles. The highest BCUT2D eigenvalue weighted by Gasteiger charge is 2.40. The maximum atomic E-state index is 12.9. The van der Waals surface area contributed by atoms with E-state index in [0.717, 1.165) is 32.5 Å². The smallest absolute Gasteiger partial charge is 0.251 e. The molecule has 2 bridgehead atoms. The summed E-state index contributed by atoms with van der Waals surface area (Å²) in [6.45, 7) is 2.78. The van der Waals surface area contributed by atoms with Gasteiger partial charge in [-0.15, -0.1) is 0 Å². The third kappa shape index (κ3) is 3.58. The average Bonchev–Trinajstić information content (AvgIpc) is 2.77. The molecule has 1 aromatic heterocycles. The summed E-state index contributed by atoms with van der Waals surface area (Å²) in [6.07, 6.45) is 2.02. The minimum atomic E-state index is 0.123. The van der Waals surface area contributed by atoms with Gasteiger partial charge in [0.15, 0.2) is 0 Å². The predicted octanol–water partition coefficient (Wildman–Crippen LogP) is 4.12. The van der Waals surface area contributed by atoms with E-state index in [1.165, 1.54) is 16.8 Å². The zero-order valence-corrected chi connectivity index (χ0v) is 16.9. The molecular formula is C26H25N3O. The molecule has 0 spiro atoms. The Hall–Kier alpha value is -3.16. The number of likely N-dealkylation sites (tertiary alicyclic amines) is 1. The van der Waals surface area contributed by atoms with E-state index in [-0.39, 0.29) is 11.6 Å². The van der Waals surface area contributed by atoms with Gasteiger partial charge in [-0.2, -0.15) is 5.26 Å². The molecule has 1 fully saturated rings. The number of benzene rings is 2. The molecule has 3 aromatic rings. The van der Waals surface area contributed by atoms with E-state index in [1.807, 2.05) is 30.3 Å². The van der Waals surface area contributed by atoms with Gasteiger partial charge in [0.25, 0.3) is 5.56 Å². The minimum absolute atomic E-state index is 0.123. The van der Waals surface area contributed by atoms with Gasteiger partial charge in [0.2, 0.25) is 0 Å². The number of nitrogens with zero attached hydrogens (tertiary/aromatic N) is 3. The Kier molecular flexibility index (Phi) is 4.98. The molecule has 150 valence electrons. The summed E-state index contributed by atoms with van der Waals surface area (Å²) in [5, 5.41) is 9.21. The predicted molar refractivity (Wildman–Crippen MR) is 117 cm³/mol. The fraction of sp³-hybridized carbons (Fsp3) is 0.308. The fourth-order valence-corrected chi connectivity index (χ4v) is 5.38. The summed E-state index contributed by atoms with van der Waals surface area (Å²) in [5.41, 5.74) is 4.47. The molecule has 3 atom stereocenters. The molecule has 3 heterocycles. The summed E-state index contributed by atoms with van der Waals surface area (Å²) >= 11 is 0. The summed E-state index contributed by atoms with van der Waals surface area (Å²) in [6, 6.07) is 26.6. The third-order valence-electron chi connectivity index (χ3n) is 6.62. The lowest BCUT2D eigenvalue weighted by Crippen LogP contribution is -2.49. The molecule has 0 aliphatic carbocycles. The van der Waals surface area contributed by atoms with Crippen molar-refractivity contribution < 1.29 is 0 Å². The number of fused-ring (bicyclic) bond motifs is 4. The second kappa shape index (κ2) is 7.93. The van der Waals surface area contributed by atoms with Crippen LogP contribution >= 0.6 is 0 Å². The molecule has 5 rings (SSSR count). The Balaban J connectivity index is 1.47. The lowest BCUT2D eigenvalue weighted by Gasteiger charge is -2.47. The van der Waals surface area contributed by atoms with Crippen molar-refractivity contribution in [2.24, 2.45) is 5.92 Å². The quantitative estimate of drug-likeness (QED) is 0.668. The largest absolute Gasteiger partial charge is 0.309 e. The maximum Gasteiger partial charge on any atom is 0.251 e. The van der Waals surface area contributed by atoms with E-state index in [2.05, 4.69) is 51.9 Å². The van der Waals surface area contributed by atoms with Gasteiger partial charge in [0.05, 0.1) is 11.6 Å². The minimum Gasteiger partial charge on any atom is -0.309 e. The Labute approximate surface area is 177 Å². The van der Waals surface area contributed by atoms with Crippen molar-refractivity contribution >= 4 is 0 Å². The van der Waals surface area contributed by atoms with Crippen LogP contribution in [0.1, 0.15) is 40.8 Å². The number of nitriles is 1. The van der Waals surface area contributed by atoms with E-state index in [9.17, 15) is 10.1 Å². The second-order valence-electron chi connectivity index (χ2n) is 8.61. The van der Waals surface area contributed by atoms with Crippen molar-refractivity contribution in [3.63, 3.8) is 0 Å². The molecule has 2 aliphatic heterocycles. The first-order chi connectivity index (χ1) is 14.7. The highest BCUT2D eigenvalue weighted by molar-refractivity contribution is 5.33. The summed E-state index contributed by atoms with van der Waals surface area (Å²) < 4.78 is 2.08. The van der Waals surface area contributed by atoms with Gasteiger partial charge in [-0.1, -0.05) is 48.5 Å². The molecule has 0 N–H and O–H groups in total. The Bertz CT molecular complexity index is 1140. The first-order valence-electron chi connectivity index (χ1n) is 10.7. The first-order valence-corrected chi connectivity index (χ1v) is 10.7. The van der Waals surface area contributed by atoms with Gasteiger partial charge in [0, 0.05) is 43.4 Å². The van der Waals surface area contributed by atoms with Crippen LogP contribution < -0.4 is 5.56 Å². The molecule has 2 aromatic carbocycles. The number of hydrogen-bond donors (Lipinski definition) is 0. The molecule has 30 heavy (non-hydrogen) atoms. The SMILES string of the molecule is N#Cc1cccc(CN2C[C@H]3C[C@@H](C2)[C@H](Cc2ccccc2)n2c3cccc2=O)c1. The lowest BCUT2D eigenvalue weighted by molar-refractivity contribution is 0.0853. The zero-order chi connectivity index (χ0) is 20.5. The zero-order valence-electron chi connectivity index (χ0n) is 16.9. The Morgan fingerprint density at radius 3 is 2.57 bits per heavy atom. The van der Waals surface area contributed by atoms with Crippen molar-refractivity contribution in [3.8, 4) is 6.07 Å². The number of pyridine rings is 1. The standard InChI is InChI=1S/C26H25N3O/c27-15-20-8-4-9-21(12-20)16-28-17-22-14-23(18-28)25(13-19-6-2-1-3-7-19)29-24(22)10-5-11-26(29)30/h1-12,22-23,25H,13-14,16-18H2/t22-,23+,25+/m1/s1. The molecule has 2 aliphatic rings. The second-order valence-corrected chi connectivity index (χ2v) is 8.61. The molecule has 4 heteroatoms. The van der Waals surface area contributed by atoms with Gasteiger partial charge in [-0.3, -0.25) is 9.69 Å². The van der Waals surface area contributed by atoms with Crippen LogP contribution in [-0.4, -0.2) is 22.6 Å². The molecule has 1 saturated heterocycles. The van der Waals surface area contributed by atoms with Crippen LogP contribution in [0.3, 0.4) is 0 Å². The van der Waals surface area contributed by atoms with Gasteiger partial charge in [-0.05, 0) is 48.1 Å². The molecule has 0 amide bonds. The number of hydrogen-bond acceptors (Lipinski definition) is 3. The highest BCUT2D eigenvalue weighted by atomic mass is 16.1. The normalized spacial score (nSPS) is 22.8. The number of rotatable bonds is 4. The molecule has 0 radical (unpaired) electrons. The van der Waals surface area contributed by atoms with E-state index >= 15 is 0 Å². The van der Waals surface area contributed by atoms with E-state index in [4.69, 9.17) is 0 Å². The van der Waals surface area contributed by atoms with Crippen molar-refractivity contribution in [1.82, 2.24) is 9.47 Å². The van der Waals surface area contributed by atoms with Crippen LogP contribution in [0.15, 0.2) is 77.6 Å². The highest BCUT2D eigenvalue weighted by Crippen LogP contribution is 2.42. The van der Waals surface area contributed by atoms with Crippen molar-refractivity contribution in [3.05, 3.63) is 106 Å². The van der Waals surface area contributed by atoms with Crippen LogP contribution in [-0.2, 0) is 13.0 Å². The van der Waals surface area contributed by atoms with Crippen LogP contribution in [0.2, 0.25) is 0 Å². The number of aromatic nitrogens is 1. The van der Waals surface area contributed by atoms with Crippen LogP contribution in [0.4, 0.5) is 0 Å². The average molecular weight is 396 g/mol. The summed E-state index contributed by atoms with van der Waals surface area (Å²) in [4.78, 5) is 15.4. The first kappa shape index (κ1) is 18.8. The monoisotopic (exact) mass is 395 g/mol. The summed E-state index contributed by atoms with van der Waals surface area (Å²) in [5.74, 6) is 0.819. The number of piperidine rings is 1. The van der Waals surface area contributed by atoms with Crippen LogP contribution in [0.25, 0.3) is 0 Å². The van der Waals surface area contributed by atoms with E-state index in [1.54, 1.807) is 6.07 Å². The van der Waals surface area contributed by atoms with E-state index < -0.39 is 0 Å². The van der Waals surface area contributed by atoms with Gasteiger partial charge in [-0.25, -0.2) is 0 Å². The fourth-order valence-electron chi connectivity index (χ4n) is 5.38. The van der Waals surface area contributed by atoms with Crippen LogP contribution in [0.5, 0.6) is 0 Å². The van der Waals surface area contributed by atoms with Crippen molar-refractivity contribution in [2.75, 3.05) is 13.1 Å². The molecule has 4 nitrogen and oxygen atoms in total. The molecular weight excluding hydrogens is 370 g/mol. The Morgan fingerprint density at radius 1 is 0.933 bits per heavy atom. The van der Waals surface area contributed by atoms with Crippen molar-refractivity contribution in [2.45, 2.75) is 31.3 Å². The maximum absolute atomic E-state index is 12.9. The van der Waals surface area contributed by atoms with Gasteiger partial charge >= 0.3 is 0 Å². The van der Waals surface area contributed by atoms with Crippen LogP contribution in [0, 0.1) is 17.2 Å². The molecule has 0 unspecified atom stereocenters. The topological polar surface area (TPSA) is 49.0 Å². The van der Waals surface area contributed by atoms with Crippen molar-refractivity contribution in [1.29, 1.82) is 5.26 Å². The van der Waals surface area contributed by atoms with E-state index in [0.29, 0.717) is 17.4 Å². The third-order valence-corrected chi connectivity index (χ3v) is 6.62.